The normalized spacial score (nSPS) is 7.91. The molecule has 0 amide bonds. The van der Waals surface area contributed by atoms with Crippen molar-refractivity contribution in [3.8, 4) is 0 Å². The molecule has 0 fully saturated rings. The fourth-order valence-corrected chi connectivity index (χ4v) is 0.662. The maximum atomic E-state index is 8.81. The molecule has 1 aromatic heterocycles. The molecule has 0 aromatic carbocycles. The predicted octanol–water partition coefficient (Wildman–Crippen LogP) is 1.99. The number of hydrogen-bond acceptors (Lipinski definition) is 3. The highest BCUT2D eigenvalue weighted by Crippen LogP contribution is 2.07. The van der Waals surface area contributed by atoms with E-state index >= 15 is 0 Å². The van der Waals surface area contributed by atoms with Gasteiger partial charge in [-0.3, -0.25) is 0 Å². The van der Waals surface area contributed by atoms with Gasteiger partial charge in [-0.25, -0.2) is 9.97 Å². The number of aromatic nitrogens is 2. The Kier molecular flexibility index (Phi) is 5.70. The second-order valence-electron chi connectivity index (χ2n) is 1.40. The molecule has 0 spiro atoms. The van der Waals surface area contributed by atoms with Gasteiger partial charge in [0.05, 0.1) is 0 Å². The highest BCUT2D eigenvalue weighted by Gasteiger charge is 1.87. The SMILES string of the molecule is CC=O.Clc1cc(Cl)ncn1. The van der Waals surface area contributed by atoms with Crippen LogP contribution in [0.15, 0.2) is 12.4 Å². The number of halogens is 2. The molecule has 1 aromatic rings. The highest BCUT2D eigenvalue weighted by atomic mass is 35.5. The third kappa shape index (κ3) is 5.76. The molecule has 0 saturated carbocycles. The summed E-state index contributed by atoms with van der Waals surface area (Å²) in [5, 5.41) is 0.731. The summed E-state index contributed by atoms with van der Waals surface area (Å²) in [4.78, 5) is 16.0. The van der Waals surface area contributed by atoms with Crippen LogP contribution in [0.2, 0.25) is 10.3 Å². The van der Waals surface area contributed by atoms with Crippen LogP contribution in [0.1, 0.15) is 6.92 Å². The first-order valence-electron chi connectivity index (χ1n) is 2.73. The zero-order valence-electron chi connectivity index (χ0n) is 5.79. The van der Waals surface area contributed by atoms with Crippen LogP contribution in [0, 0.1) is 0 Å². The number of carbonyl (C=O) groups excluding carboxylic acids is 1. The lowest BCUT2D eigenvalue weighted by atomic mass is 10.7. The van der Waals surface area contributed by atoms with Crippen molar-refractivity contribution < 1.29 is 4.79 Å². The Labute approximate surface area is 74.4 Å². The highest BCUT2D eigenvalue weighted by molar-refractivity contribution is 6.33. The van der Waals surface area contributed by atoms with Crippen LogP contribution in [0.3, 0.4) is 0 Å². The standard InChI is InChI=1S/C4H2Cl2N2.C2H4O/c5-3-1-4(6)8-2-7-3;1-2-3/h1-2H;2H,1H3. The minimum absolute atomic E-state index is 0.366. The van der Waals surface area contributed by atoms with E-state index < -0.39 is 0 Å². The van der Waals surface area contributed by atoms with Crippen molar-refractivity contribution in [2.24, 2.45) is 0 Å². The smallest absolute Gasteiger partial charge is 0.133 e. The van der Waals surface area contributed by atoms with Gasteiger partial charge in [-0.15, -0.1) is 0 Å². The quantitative estimate of drug-likeness (QED) is 0.467. The first-order valence-corrected chi connectivity index (χ1v) is 3.49. The fraction of sp³-hybridized carbons (Fsp3) is 0.167. The lowest BCUT2D eigenvalue weighted by molar-refractivity contribution is -0.106. The van der Waals surface area contributed by atoms with Gasteiger partial charge in [0.25, 0.3) is 0 Å². The Morgan fingerprint density at radius 1 is 1.36 bits per heavy atom. The van der Waals surface area contributed by atoms with Gasteiger partial charge in [0.15, 0.2) is 0 Å². The topological polar surface area (TPSA) is 42.9 Å². The molecule has 0 aliphatic rings. The zero-order chi connectivity index (χ0) is 8.69. The van der Waals surface area contributed by atoms with Gasteiger partial charge < -0.3 is 4.79 Å². The van der Waals surface area contributed by atoms with Crippen molar-refractivity contribution in [3.63, 3.8) is 0 Å². The van der Waals surface area contributed by atoms with E-state index in [1.54, 1.807) is 0 Å². The molecule has 0 aliphatic heterocycles. The number of rotatable bonds is 0. The molecule has 60 valence electrons. The average Bonchev–Trinajstić information content (AvgIpc) is 1.88. The summed E-state index contributed by atoms with van der Waals surface area (Å²) in [6, 6.07) is 1.48. The van der Waals surface area contributed by atoms with Crippen LogP contribution >= 0.6 is 23.2 Å². The second-order valence-corrected chi connectivity index (χ2v) is 2.17. The molecule has 0 N–H and O–H groups in total. The summed E-state index contributed by atoms with van der Waals surface area (Å²) in [6.07, 6.45) is 2.06. The Morgan fingerprint density at radius 2 is 1.73 bits per heavy atom. The summed E-state index contributed by atoms with van der Waals surface area (Å²) in [5.74, 6) is 0. The van der Waals surface area contributed by atoms with Crippen LogP contribution in [0.4, 0.5) is 0 Å². The fourth-order valence-electron chi connectivity index (χ4n) is 0.312. The van der Waals surface area contributed by atoms with E-state index in [4.69, 9.17) is 28.0 Å². The lowest BCUT2D eigenvalue weighted by Crippen LogP contribution is -1.76. The second kappa shape index (κ2) is 6.07. The molecule has 0 bridgehead atoms. The van der Waals surface area contributed by atoms with Crippen LogP contribution in [0.25, 0.3) is 0 Å². The Balaban J connectivity index is 0.000000292. The summed E-state index contributed by atoms with van der Waals surface area (Å²) in [5.41, 5.74) is 0. The Bertz CT molecular complexity index is 212. The molecule has 0 atom stereocenters. The first kappa shape index (κ1) is 10.3. The molecule has 11 heavy (non-hydrogen) atoms. The first-order chi connectivity index (χ1) is 5.20. The van der Waals surface area contributed by atoms with Gasteiger partial charge in [0.2, 0.25) is 0 Å². The third-order valence-electron chi connectivity index (χ3n) is 0.600. The summed E-state index contributed by atoms with van der Waals surface area (Å²) in [7, 11) is 0. The maximum Gasteiger partial charge on any atom is 0.133 e. The molecule has 3 nitrogen and oxygen atoms in total. The van der Waals surface area contributed by atoms with E-state index in [0.717, 1.165) is 6.29 Å². The maximum absolute atomic E-state index is 8.81. The van der Waals surface area contributed by atoms with Gasteiger partial charge in [0.1, 0.15) is 22.9 Å². The van der Waals surface area contributed by atoms with E-state index in [-0.39, 0.29) is 0 Å². The molecule has 0 radical (unpaired) electrons. The average molecular weight is 193 g/mol. The molecule has 1 heterocycles. The number of nitrogens with zero attached hydrogens (tertiary/aromatic N) is 2. The monoisotopic (exact) mass is 192 g/mol. The minimum atomic E-state index is 0.366. The van der Waals surface area contributed by atoms with Gasteiger partial charge in [0, 0.05) is 6.07 Å². The molecule has 0 unspecified atom stereocenters. The van der Waals surface area contributed by atoms with Crippen LogP contribution in [-0.2, 0) is 4.79 Å². The van der Waals surface area contributed by atoms with E-state index in [2.05, 4.69) is 9.97 Å². The van der Waals surface area contributed by atoms with Crippen LogP contribution < -0.4 is 0 Å². The molecule has 5 heteroatoms. The molecule has 0 aliphatic carbocycles. The van der Waals surface area contributed by atoms with Crippen molar-refractivity contribution in [3.05, 3.63) is 22.7 Å². The van der Waals surface area contributed by atoms with E-state index in [1.807, 2.05) is 0 Å². The van der Waals surface area contributed by atoms with Gasteiger partial charge in [-0.2, -0.15) is 0 Å². The van der Waals surface area contributed by atoms with Crippen LogP contribution in [-0.4, -0.2) is 16.3 Å². The molecule has 1 rings (SSSR count). The minimum Gasteiger partial charge on any atom is -0.304 e. The van der Waals surface area contributed by atoms with Crippen molar-refractivity contribution in [2.75, 3.05) is 0 Å². The Hall–Kier alpha value is -0.670. The molecular weight excluding hydrogens is 187 g/mol. The summed E-state index contributed by atoms with van der Waals surface area (Å²) < 4.78 is 0. The summed E-state index contributed by atoms with van der Waals surface area (Å²) in [6.45, 7) is 1.44. The van der Waals surface area contributed by atoms with Crippen molar-refractivity contribution >= 4 is 29.5 Å². The van der Waals surface area contributed by atoms with E-state index in [0.29, 0.717) is 10.3 Å². The lowest BCUT2D eigenvalue weighted by Gasteiger charge is -1.85. The van der Waals surface area contributed by atoms with Crippen LogP contribution in [0.5, 0.6) is 0 Å². The number of aldehydes is 1. The predicted molar refractivity (Wildman–Crippen MR) is 43.8 cm³/mol. The Morgan fingerprint density at radius 3 is 1.91 bits per heavy atom. The molecular formula is C6H6Cl2N2O. The van der Waals surface area contributed by atoms with Crippen molar-refractivity contribution in [1.29, 1.82) is 0 Å². The number of carbonyl (C=O) groups is 1. The van der Waals surface area contributed by atoms with E-state index in [1.165, 1.54) is 19.3 Å². The molecule has 0 saturated heterocycles. The summed E-state index contributed by atoms with van der Waals surface area (Å²) >= 11 is 10.8. The van der Waals surface area contributed by atoms with E-state index in [9.17, 15) is 0 Å². The van der Waals surface area contributed by atoms with Gasteiger partial charge in [-0.1, -0.05) is 23.2 Å². The van der Waals surface area contributed by atoms with Crippen molar-refractivity contribution in [1.82, 2.24) is 9.97 Å². The zero-order valence-corrected chi connectivity index (χ0v) is 7.30. The van der Waals surface area contributed by atoms with Crippen molar-refractivity contribution in [2.45, 2.75) is 6.92 Å². The van der Waals surface area contributed by atoms with Gasteiger partial charge in [-0.05, 0) is 6.92 Å². The third-order valence-corrected chi connectivity index (χ3v) is 1.01. The largest absolute Gasteiger partial charge is 0.304 e. The number of hydrogen-bond donors (Lipinski definition) is 0. The van der Waals surface area contributed by atoms with Gasteiger partial charge >= 0.3 is 0 Å².